The Kier molecular flexibility index (Phi) is 5.30. The van der Waals surface area contributed by atoms with E-state index in [-0.39, 0.29) is 21.5 Å². The molecule has 1 N–H and O–H groups in total. The van der Waals surface area contributed by atoms with Crippen molar-refractivity contribution in [3.63, 3.8) is 0 Å². The minimum atomic E-state index is -0.713. The third-order valence-electron chi connectivity index (χ3n) is 3.23. The monoisotopic (exact) mass is 377 g/mol. The van der Waals surface area contributed by atoms with Crippen molar-refractivity contribution in [3.8, 4) is 0 Å². The SMILES string of the molecule is CNC(Cc1cccc(Cl)c1F)c1c(F)ccc(Br)c1F. The van der Waals surface area contributed by atoms with E-state index in [9.17, 15) is 13.2 Å². The Labute approximate surface area is 134 Å². The zero-order valence-corrected chi connectivity index (χ0v) is 13.4. The molecule has 0 aliphatic heterocycles. The number of nitrogens with one attached hydrogen (secondary N) is 1. The molecule has 0 heterocycles. The van der Waals surface area contributed by atoms with Crippen LogP contribution < -0.4 is 5.32 Å². The molecule has 21 heavy (non-hydrogen) atoms. The van der Waals surface area contributed by atoms with Crippen LogP contribution in [0.2, 0.25) is 5.02 Å². The van der Waals surface area contributed by atoms with E-state index < -0.39 is 23.5 Å². The van der Waals surface area contributed by atoms with Gasteiger partial charge in [0.2, 0.25) is 0 Å². The molecule has 0 saturated carbocycles. The van der Waals surface area contributed by atoms with Crippen molar-refractivity contribution in [2.24, 2.45) is 0 Å². The predicted molar refractivity (Wildman–Crippen MR) is 81.0 cm³/mol. The van der Waals surface area contributed by atoms with Crippen LogP contribution in [-0.2, 0) is 6.42 Å². The lowest BCUT2D eigenvalue weighted by molar-refractivity contribution is 0.480. The summed E-state index contributed by atoms with van der Waals surface area (Å²) in [4.78, 5) is 0. The topological polar surface area (TPSA) is 12.0 Å². The van der Waals surface area contributed by atoms with Crippen LogP contribution in [0, 0.1) is 17.5 Å². The van der Waals surface area contributed by atoms with Crippen LogP contribution in [0.4, 0.5) is 13.2 Å². The highest BCUT2D eigenvalue weighted by Crippen LogP contribution is 2.30. The van der Waals surface area contributed by atoms with E-state index in [0.717, 1.165) is 0 Å². The van der Waals surface area contributed by atoms with Crippen LogP contribution in [0.5, 0.6) is 0 Å². The van der Waals surface area contributed by atoms with E-state index in [2.05, 4.69) is 21.2 Å². The number of likely N-dealkylation sites (N-methyl/N-ethyl adjacent to an activating group) is 1. The molecule has 0 bridgehead atoms. The van der Waals surface area contributed by atoms with Gasteiger partial charge >= 0.3 is 0 Å². The van der Waals surface area contributed by atoms with E-state index in [1.54, 1.807) is 19.2 Å². The number of halogens is 5. The molecule has 0 radical (unpaired) electrons. The lowest BCUT2D eigenvalue weighted by atomic mass is 9.97. The summed E-state index contributed by atoms with van der Waals surface area (Å²) in [5.74, 6) is -1.95. The standard InChI is InChI=1S/C15H12BrClF3N/c1-21-12(7-8-3-2-4-10(17)14(8)19)13-11(18)6-5-9(16)15(13)20/h2-6,12,21H,7H2,1H3. The van der Waals surface area contributed by atoms with Crippen molar-refractivity contribution in [1.82, 2.24) is 5.32 Å². The summed E-state index contributed by atoms with van der Waals surface area (Å²) in [6.07, 6.45) is 0.0766. The van der Waals surface area contributed by atoms with Gasteiger partial charge in [-0.3, -0.25) is 0 Å². The number of hydrogen-bond donors (Lipinski definition) is 1. The van der Waals surface area contributed by atoms with Gasteiger partial charge in [-0.05, 0) is 53.2 Å². The van der Waals surface area contributed by atoms with Gasteiger partial charge in [0.25, 0.3) is 0 Å². The molecule has 1 nitrogen and oxygen atoms in total. The van der Waals surface area contributed by atoms with Gasteiger partial charge < -0.3 is 5.32 Å². The van der Waals surface area contributed by atoms with Gasteiger partial charge in [-0.25, -0.2) is 13.2 Å². The summed E-state index contributed by atoms with van der Waals surface area (Å²) >= 11 is 8.75. The molecule has 0 spiro atoms. The summed E-state index contributed by atoms with van der Waals surface area (Å²) < 4.78 is 42.2. The molecule has 2 rings (SSSR count). The van der Waals surface area contributed by atoms with Crippen molar-refractivity contribution in [2.75, 3.05) is 7.05 Å². The van der Waals surface area contributed by atoms with Gasteiger partial charge in [0.15, 0.2) is 0 Å². The third kappa shape index (κ3) is 3.42. The molecule has 0 saturated heterocycles. The number of hydrogen-bond acceptors (Lipinski definition) is 1. The van der Waals surface area contributed by atoms with E-state index in [1.165, 1.54) is 18.2 Å². The minimum Gasteiger partial charge on any atom is -0.313 e. The molecule has 1 atom stereocenters. The van der Waals surface area contributed by atoms with Gasteiger partial charge in [0, 0.05) is 11.6 Å². The molecule has 0 aromatic heterocycles. The maximum absolute atomic E-state index is 14.1. The summed E-state index contributed by atoms with van der Waals surface area (Å²) in [7, 11) is 1.56. The Morgan fingerprint density at radius 1 is 1.14 bits per heavy atom. The average Bonchev–Trinajstić information content (AvgIpc) is 2.46. The minimum absolute atomic E-state index is 0.0162. The van der Waals surface area contributed by atoms with Crippen molar-refractivity contribution in [1.29, 1.82) is 0 Å². The highest BCUT2D eigenvalue weighted by Gasteiger charge is 2.22. The Morgan fingerprint density at radius 2 is 1.86 bits per heavy atom. The quantitative estimate of drug-likeness (QED) is 0.736. The van der Waals surface area contributed by atoms with E-state index in [4.69, 9.17) is 11.6 Å². The Bertz CT molecular complexity index is 664. The zero-order chi connectivity index (χ0) is 15.6. The fraction of sp³-hybridized carbons (Fsp3) is 0.200. The molecular weight excluding hydrogens is 367 g/mol. The molecule has 112 valence electrons. The first kappa shape index (κ1) is 16.3. The van der Waals surface area contributed by atoms with Crippen LogP contribution in [0.25, 0.3) is 0 Å². The van der Waals surface area contributed by atoms with Crippen molar-refractivity contribution >= 4 is 27.5 Å². The molecule has 0 aliphatic rings. The van der Waals surface area contributed by atoms with E-state index >= 15 is 0 Å². The van der Waals surface area contributed by atoms with Crippen molar-refractivity contribution < 1.29 is 13.2 Å². The first-order valence-electron chi connectivity index (χ1n) is 6.19. The summed E-state index contributed by atoms with van der Waals surface area (Å²) in [5.41, 5.74) is 0.159. The molecule has 0 aliphatic carbocycles. The second-order valence-corrected chi connectivity index (χ2v) is 5.78. The normalized spacial score (nSPS) is 12.5. The summed E-state index contributed by atoms with van der Waals surface area (Å²) in [6, 6.07) is 6.31. The first-order valence-corrected chi connectivity index (χ1v) is 7.36. The van der Waals surface area contributed by atoms with Gasteiger partial charge in [0.1, 0.15) is 17.5 Å². The molecule has 6 heteroatoms. The second kappa shape index (κ2) is 6.81. The van der Waals surface area contributed by atoms with Crippen molar-refractivity contribution in [3.05, 3.63) is 68.4 Å². The van der Waals surface area contributed by atoms with Crippen LogP contribution in [-0.4, -0.2) is 7.05 Å². The molecule has 2 aromatic carbocycles. The highest BCUT2D eigenvalue weighted by molar-refractivity contribution is 9.10. The van der Waals surface area contributed by atoms with Gasteiger partial charge in [-0.2, -0.15) is 0 Å². The molecule has 2 aromatic rings. The van der Waals surface area contributed by atoms with Gasteiger partial charge in [0.05, 0.1) is 9.50 Å². The van der Waals surface area contributed by atoms with Crippen LogP contribution in [0.15, 0.2) is 34.8 Å². The van der Waals surface area contributed by atoms with Crippen LogP contribution >= 0.6 is 27.5 Å². The van der Waals surface area contributed by atoms with Gasteiger partial charge in [-0.15, -0.1) is 0 Å². The molecule has 0 fully saturated rings. The Balaban J connectivity index is 2.42. The fourth-order valence-electron chi connectivity index (χ4n) is 2.14. The highest BCUT2D eigenvalue weighted by atomic mass is 79.9. The molecule has 0 amide bonds. The Morgan fingerprint density at radius 3 is 2.52 bits per heavy atom. The lowest BCUT2D eigenvalue weighted by Gasteiger charge is -2.19. The van der Waals surface area contributed by atoms with E-state index in [0.29, 0.717) is 5.56 Å². The summed E-state index contributed by atoms with van der Waals surface area (Å²) in [5, 5.41) is 2.80. The predicted octanol–water partition coefficient (Wildman–Crippen LogP) is 5.02. The third-order valence-corrected chi connectivity index (χ3v) is 4.14. The van der Waals surface area contributed by atoms with Crippen molar-refractivity contribution in [2.45, 2.75) is 12.5 Å². The number of rotatable bonds is 4. The fourth-order valence-corrected chi connectivity index (χ4v) is 2.68. The number of benzene rings is 2. The maximum atomic E-state index is 14.1. The Hall–Kier alpha value is -1.04. The van der Waals surface area contributed by atoms with Gasteiger partial charge in [-0.1, -0.05) is 23.7 Å². The lowest BCUT2D eigenvalue weighted by Crippen LogP contribution is -2.22. The maximum Gasteiger partial charge on any atom is 0.145 e. The summed E-state index contributed by atoms with van der Waals surface area (Å²) in [6.45, 7) is 0. The molecular formula is C15H12BrClF3N. The zero-order valence-electron chi connectivity index (χ0n) is 11.1. The first-order chi connectivity index (χ1) is 9.95. The largest absolute Gasteiger partial charge is 0.313 e. The molecule has 1 unspecified atom stereocenters. The second-order valence-electron chi connectivity index (χ2n) is 4.52. The average molecular weight is 379 g/mol. The smallest absolute Gasteiger partial charge is 0.145 e. The van der Waals surface area contributed by atoms with Crippen LogP contribution in [0.1, 0.15) is 17.2 Å². The van der Waals surface area contributed by atoms with Crippen LogP contribution in [0.3, 0.4) is 0 Å². The van der Waals surface area contributed by atoms with E-state index in [1.807, 2.05) is 0 Å².